The number of nitrogens with zero attached hydrogens (tertiary/aromatic N) is 2. The Labute approximate surface area is 150 Å². The molecule has 0 bridgehead atoms. The zero-order valence-corrected chi connectivity index (χ0v) is 15.7. The van der Waals surface area contributed by atoms with Gasteiger partial charge in [0.05, 0.1) is 11.7 Å². The van der Waals surface area contributed by atoms with Crippen molar-refractivity contribution in [2.24, 2.45) is 0 Å². The number of rotatable bonds is 4. The molecule has 0 aliphatic carbocycles. The summed E-state index contributed by atoms with van der Waals surface area (Å²) in [5.41, 5.74) is 3.89. The van der Waals surface area contributed by atoms with Crippen LogP contribution in [0.15, 0.2) is 29.3 Å². The highest BCUT2D eigenvalue weighted by Crippen LogP contribution is 2.25. The number of benzene rings is 1. The molecule has 0 radical (unpaired) electrons. The van der Waals surface area contributed by atoms with E-state index in [0.29, 0.717) is 11.9 Å². The van der Waals surface area contributed by atoms with Gasteiger partial charge < -0.3 is 5.32 Å². The Balaban J connectivity index is 1.74. The minimum absolute atomic E-state index is 0.0777. The first-order valence-electron chi connectivity index (χ1n) is 8.18. The molecule has 25 heavy (non-hydrogen) atoms. The van der Waals surface area contributed by atoms with E-state index in [4.69, 9.17) is 0 Å². The van der Waals surface area contributed by atoms with Gasteiger partial charge in [-0.25, -0.2) is 4.98 Å². The number of amides is 1. The summed E-state index contributed by atoms with van der Waals surface area (Å²) in [7, 11) is 0. The Bertz CT molecular complexity index is 997. The number of hydrogen-bond acceptors (Lipinski definition) is 4. The molecule has 0 spiro atoms. The van der Waals surface area contributed by atoms with Gasteiger partial charge in [-0.15, -0.1) is 11.3 Å². The molecule has 0 aliphatic heterocycles. The van der Waals surface area contributed by atoms with Crippen LogP contribution in [0.4, 0.5) is 5.69 Å². The van der Waals surface area contributed by atoms with Gasteiger partial charge in [0.25, 0.3) is 5.56 Å². The number of nitrogens with one attached hydrogen (secondary N) is 1. The summed E-state index contributed by atoms with van der Waals surface area (Å²) < 4.78 is 1.52. The van der Waals surface area contributed by atoms with Crippen LogP contribution in [0.3, 0.4) is 0 Å². The maximum absolute atomic E-state index is 12.6. The van der Waals surface area contributed by atoms with Gasteiger partial charge >= 0.3 is 0 Å². The Hall–Kier alpha value is -2.47. The summed E-state index contributed by atoms with van der Waals surface area (Å²) in [4.78, 5) is 31.1. The van der Waals surface area contributed by atoms with Crippen LogP contribution in [0.2, 0.25) is 0 Å². The summed E-state index contributed by atoms with van der Waals surface area (Å²) >= 11 is 1.53. The number of hydrogen-bond donors (Lipinski definition) is 1. The Morgan fingerprint density at radius 1 is 1.16 bits per heavy atom. The fourth-order valence-corrected chi connectivity index (χ4v) is 3.91. The number of thiophene rings is 1. The number of carbonyl (C=O) groups excluding carboxylic acids is 1. The van der Waals surface area contributed by atoms with Gasteiger partial charge in [0.1, 0.15) is 4.83 Å². The van der Waals surface area contributed by atoms with E-state index in [0.717, 1.165) is 32.1 Å². The van der Waals surface area contributed by atoms with Gasteiger partial charge in [-0.2, -0.15) is 0 Å². The van der Waals surface area contributed by atoms with Crippen molar-refractivity contribution in [2.75, 3.05) is 5.32 Å². The zero-order valence-electron chi connectivity index (χ0n) is 14.8. The molecule has 130 valence electrons. The van der Waals surface area contributed by atoms with Gasteiger partial charge in [-0.3, -0.25) is 14.2 Å². The number of carbonyl (C=O) groups is 1. The predicted molar refractivity (Wildman–Crippen MR) is 103 cm³/mol. The largest absolute Gasteiger partial charge is 0.326 e. The average molecular weight is 355 g/mol. The molecule has 1 N–H and O–H groups in total. The molecule has 5 nitrogen and oxygen atoms in total. The predicted octanol–water partition coefficient (Wildman–Crippen LogP) is 3.72. The molecule has 0 saturated heterocycles. The van der Waals surface area contributed by atoms with Crippen LogP contribution in [0, 0.1) is 27.7 Å². The van der Waals surface area contributed by atoms with E-state index < -0.39 is 0 Å². The van der Waals surface area contributed by atoms with Crippen molar-refractivity contribution in [3.63, 3.8) is 0 Å². The fourth-order valence-electron chi connectivity index (χ4n) is 2.92. The van der Waals surface area contributed by atoms with E-state index in [1.54, 1.807) is 0 Å². The summed E-state index contributed by atoms with van der Waals surface area (Å²) in [6, 6.07) is 5.92. The third-order valence-electron chi connectivity index (χ3n) is 4.24. The Morgan fingerprint density at radius 2 is 1.84 bits per heavy atom. The topological polar surface area (TPSA) is 64.0 Å². The molecule has 6 heteroatoms. The number of anilines is 1. The molecule has 3 rings (SSSR count). The molecule has 0 atom stereocenters. The van der Waals surface area contributed by atoms with Gasteiger partial charge in [-0.1, -0.05) is 6.07 Å². The molecule has 2 heterocycles. The second kappa shape index (κ2) is 6.80. The normalized spacial score (nSPS) is 11.0. The van der Waals surface area contributed by atoms with Gasteiger partial charge in [0.2, 0.25) is 5.91 Å². The van der Waals surface area contributed by atoms with Crippen LogP contribution in [-0.2, 0) is 11.3 Å². The molecular weight excluding hydrogens is 334 g/mol. The van der Waals surface area contributed by atoms with Crippen molar-refractivity contribution in [3.05, 3.63) is 56.4 Å². The highest BCUT2D eigenvalue weighted by Gasteiger charge is 2.12. The van der Waals surface area contributed by atoms with Gasteiger partial charge in [0.15, 0.2) is 0 Å². The minimum atomic E-state index is -0.116. The Kier molecular flexibility index (Phi) is 4.72. The highest BCUT2D eigenvalue weighted by atomic mass is 32.1. The summed E-state index contributed by atoms with van der Waals surface area (Å²) in [6.07, 6.45) is 1.76. The van der Waals surface area contributed by atoms with Gasteiger partial charge in [0, 0.05) is 23.5 Å². The first kappa shape index (κ1) is 17.4. The number of fused-ring (bicyclic) bond motifs is 1. The summed E-state index contributed by atoms with van der Waals surface area (Å²) in [5.74, 6) is -0.116. The van der Waals surface area contributed by atoms with E-state index in [1.165, 1.54) is 22.2 Å². The standard InChI is InChI=1S/C19H21N3O2S/c1-11-7-12(2)9-15(8-11)21-16(23)5-6-22-10-20-18-17(19(22)24)13(3)14(4)25-18/h7-10H,5-6H2,1-4H3,(H,21,23). The van der Waals surface area contributed by atoms with Gasteiger partial charge in [-0.05, 0) is 56.5 Å². The van der Waals surface area contributed by atoms with Crippen LogP contribution in [0.25, 0.3) is 10.2 Å². The molecule has 1 amide bonds. The van der Waals surface area contributed by atoms with Crippen LogP contribution >= 0.6 is 11.3 Å². The number of aryl methyl sites for hydroxylation is 5. The van der Waals surface area contributed by atoms with Crippen LogP contribution in [0.5, 0.6) is 0 Å². The molecular formula is C19H21N3O2S. The van der Waals surface area contributed by atoms with E-state index >= 15 is 0 Å². The van der Waals surface area contributed by atoms with Crippen LogP contribution < -0.4 is 10.9 Å². The minimum Gasteiger partial charge on any atom is -0.326 e. The molecule has 0 fully saturated rings. The first-order valence-corrected chi connectivity index (χ1v) is 9.00. The maximum atomic E-state index is 12.6. The molecule has 0 unspecified atom stereocenters. The van der Waals surface area contributed by atoms with Crippen molar-refractivity contribution in [2.45, 2.75) is 40.7 Å². The molecule has 0 aliphatic rings. The zero-order chi connectivity index (χ0) is 18.1. The smallest absolute Gasteiger partial charge is 0.262 e. The molecule has 0 saturated carbocycles. The summed E-state index contributed by atoms with van der Waals surface area (Å²) in [6.45, 7) is 8.23. The lowest BCUT2D eigenvalue weighted by Crippen LogP contribution is -2.23. The SMILES string of the molecule is Cc1cc(C)cc(NC(=O)CCn2cnc3sc(C)c(C)c3c2=O)c1. The molecule has 2 aromatic heterocycles. The molecule has 1 aromatic carbocycles. The molecule has 3 aromatic rings. The van der Waals surface area contributed by atoms with Crippen LogP contribution in [-0.4, -0.2) is 15.5 Å². The quantitative estimate of drug-likeness (QED) is 0.776. The number of aromatic nitrogens is 2. The van der Waals surface area contributed by atoms with Crippen molar-refractivity contribution in [1.82, 2.24) is 9.55 Å². The second-order valence-electron chi connectivity index (χ2n) is 6.38. The highest BCUT2D eigenvalue weighted by molar-refractivity contribution is 7.18. The average Bonchev–Trinajstić information content (AvgIpc) is 2.81. The maximum Gasteiger partial charge on any atom is 0.262 e. The lowest BCUT2D eigenvalue weighted by molar-refractivity contribution is -0.116. The third kappa shape index (κ3) is 3.64. The lowest BCUT2D eigenvalue weighted by Gasteiger charge is -2.09. The van der Waals surface area contributed by atoms with Crippen molar-refractivity contribution in [1.29, 1.82) is 0 Å². The second-order valence-corrected chi connectivity index (χ2v) is 7.58. The van der Waals surface area contributed by atoms with Crippen LogP contribution in [0.1, 0.15) is 28.0 Å². The lowest BCUT2D eigenvalue weighted by atomic mass is 10.1. The Morgan fingerprint density at radius 3 is 2.52 bits per heavy atom. The third-order valence-corrected chi connectivity index (χ3v) is 5.36. The monoisotopic (exact) mass is 355 g/mol. The summed E-state index contributed by atoms with van der Waals surface area (Å²) in [5, 5.41) is 3.56. The van der Waals surface area contributed by atoms with E-state index in [2.05, 4.69) is 16.4 Å². The van der Waals surface area contributed by atoms with Crippen molar-refractivity contribution < 1.29 is 4.79 Å². The van der Waals surface area contributed by atoms with E-state index in [-0.39, 0.29) is 17.9 Å². The fraction of sp³-hybridized carbons (Fsp3) is 0.316. The van der Waals surface area contributed by atoms with Crippen molar-refractivity contribution >= 4 is 33.1 Å². The van der Waals surface area contributed by atoms with E-state index in [9.17, 15) is 9.59 Å². The van der Waals surface area contributed by atoms with Crippen molar-refractivity contribution in [3.8, 4) is 0 Å². The first-order chi connectivity index (χ1) is 11.8. The van der Waals surface area contributed by atoms with E-state index in [1.807, 2.05) is 39.8 Å².